The Bertz CT molecular complexity index is 717. The second-order valence-electron chi connectivity index (χ2n) is 8.50. The molecule has 1 aromatic rings. The summed E-state index contributed by atoms with van der Waals surface area (Å²) < 4.78 is 23.4. The molecule has 27 heavy (non-hydrogen) atoms. The third-order valence-electron chi connectivity index (χ3n) is 5.40. The highest BCUT2D eigenvalue weighted by Gasteiger charge is 2.30. The molecule has 1 aliphatic heterocycles. The van der Waals surface area contributed by atoms with Gasteiger partial charge in [-0.15, -0.1) is 35.3 Å². The van der Waals surface area contributed by atoms with Crippen molar-refractivity contribution in [3.8, 4) is 0 Å². The molecule has 0 amide bonds. The summed E-state index contributed by atoms with van der Waals surface area (Å²) in [5.74, 6) is 1.64. The Hall–Kier alpha value is -0.350. The molecular weight excluding hydrogens is 493 g/mol. The fourth-order valence-corrected chi connectivity index (χ4v) is 6.49. The number of hydrogen-bond donors (Lipinski definition) is 2. The van der Waals surface area contributed by atoms with E-state index in [1.165, 1.54) is 24.1 Å². The largest absolute Gasteiger partial charge is 0.356 e. The molecule has 5 nitrogen and oxygen atoms in total. The molecule has 2 heterocycles. The Morgan fingerprint density at radius 3 is 2.81 bits per heavy atom. The first-order chi connectivity index (χ1) is 12.3. The third-order valence-corrected chi connectivity index (χ3v) is 8.10. The van der Waals surface area contributed by atoms with Crippen LogP contribution in [0.2, 0.25) is 0 Å². The Kier molecular flexibility index (Phi) is 8.42. The maximum absolute atomic E-state index is 11.7. The lowest BCUT2D eigenvalue weighted by molar-refractivity contribution is 0.210. The van der Waals surface area contributed by atoms with Gasteiger partial charge in [0.15, 0.2) is 15.8 Å². The summed E-state index contributed by atoms with van der Waals surface area (Å²) in [5, 5.41) is 9.10. The number of nitrogens with zero attached hydrogens (tertiary/aromatic N) is 1. The SMILES string of the molecule is CC1(C)CCCC(NC(=NCc2cccs2)NCC2CCS(=O)(=O)C2)C1.I. The molecule has 2 unspecified atom stereocenters. The van der Waals surface area contributed by atoms with Crippen LogP contribution >= 0.6 is 35.3 Å². The molecule has 0 aromatic carbocycles. The van der Waals surface area contributed by atoms with Crippen LogP contribution in [0.5, 0.6) is 0 Å². The highest BCUT2D eigenvalue weighted by atomic mass is 127. The summed E-state index contributed by atoms with van der Waals surface area (Å²) in [6.45, 7) is 6.00. The number of rotatable bonds is 5. The van der Waals surface area contributed by atoms with Gasteiger partial charge in [0.1, 0.15) is 0 Å². The fraction of sp³-hybridized carbons (Fsp3) is 0.737. The first-order valence-corrected chi connectivity index (χ1v) is 12.3. The molecule has 154 valence electrons. The van der Waals surface area contributed by atoms with Crippen LogP contribution in [0.4, 0.5) is 0 Å². The molecule has 2 aliphatic rings. The van der Waals surface area contributed by atoms with Crippen LogP contribution in [0, 0.1) is 11.3 Å². The van der Waals surface area contributed by atoms with Gasteiger partial charge in [-0.25, -0.2) is 13.4 Å². The van der Waals surface area contributed by atoms with Crippen LogP contribution in [0.25, 0.3) is 0 Å². The predicted molar refractivity (Wildman–Crippen MR) is 125 cm³/mol. The average molecular weight is 526 g/mol. The molecule has 0 radical (unpaired) electrons. The Labute approximate surface area is 184 Å². The van der Waals surface area contributed by atoms with Gasteiger partial charge in [-0.2, -0.15) is 0 Å². The number of aliphatic imine (C=N–C) groups is 1. The van der Waals surface area contributed by atoms with Crippen molar-refractivity contribution < 1.29 is 8.42 Å². The van der Waals surface area contributed by atoms with Crippen LogP contribution in [-0.4, -0.2) is 38.5 Å². The molecule has 1 aromatic heterocycles. The summed E-state index contributed by atoms with van der Waals surface area (Å²) >= 11 is 1.71. The van der Waals surface area contributed by atoms with E-state index >= 15 is 0 Å². The van der Waals surface area contributed by atoms with Gasteiger partial charge in [0.25, 0.3) is 0 Å². The smallest absolute Gasteiger partial charge is 0.191 e. The van der Waals surface area contributed by atoms with Gasteiger partial charge in [-0.05, 0) is 48.5 Å². The van der Waals surface area contributed by atoms with Crippen LogP contribution in [0.1, 0.15) is 50.8 Å². The molecule has 1 saturated carbocycles. The second kappa shape index (κ2) is 9.91. The molecule has 2 fully saturated rings. The minimum Gasteiger partial charge on any atom is -0.356 e. The molecule has 3 rings (SSSR count). The van der Waals surface area contributed by atoms with Crippen molar-refractivity contribution in [2.75, 3.05) is 18.1 Å². The molecule has 0 bridgehead atoms. The Balaban J connectivity index is 0.00000261. The van der Waals surface area contributed by atoms with E-state index in [1.807, 2.05) is 6.07 Å². The zero-order valence-corrected chi connectivity index (χ0v) is 20.2. The minimum absolute atomic E-state index is 0. The maximum Gasteiger partial charge on any atom is 0.191 e. The highest BCUT2D eigenvalue weighted by Crippen LogP contribution is 2.35. The average Bonchev–Trinajstić information content (AvgIpc) is 3.18. The second-order valence-corrected chi connectivity index (χ2v) is 11.8. The summed E-state index contributed by atoms with van der Waals surface area (Å²) in [6.07, 6.45) is 5.58. The standard InChI is InChI=1S/C19H31N3O2S2.HI/c1-19(2)8-3-5-16(11-19)22-18(21-13-17-6-4-9-25-17)20-12-15-7-10-26(23,24)14-15;/h4,6,9,15-16H,3,5,7-8,10-14H2,1-2H3,(H2,20,21,22);1H. The summed E-state index contributed by atoms with van der Waals surface area (Å²) in [7, 11) is -2.83. The van der Waals surface area contributed by atoms with Gasteiger partial charge >= 0.3 is 0 Å². The fourth-order valence-electron chi connectivity index (χ4n) is 4.00. The first kappa shape index (κ1) is 22.9. The van der Waals surface area contributed by atoms with Crippen LogP contribution in [0.15, 0.2) is 22.5 Å². The quantitative estimate of drug-likeness (QED) is 0.349. The number of halogens is 1. The van der Waals surface area contributed by atoms with E-state index in [9.17, 15) is 8.42 Å². The van der Waals surface area contributed by atoms with Gasteiger partial charge in [0, 0.05) is 17.5 Å². The van der Waals surface area contributed by atoms with Crippen molar-refractivity contribution in [1.82, 2.24) is 10.6 Å². The van der Waals surface area contributed by atoms with E-state index in [0.717, 1.165) is 18.8 Å². The Morgan fingerprint density at radius 1 is 1.37 bits per heavy atom. The highest BCUT2D eigenvalue weighted by molar-refractivity contribution is 14.0. The van der Waals surface area contributed by atoms with Crippen LogP contribution in [-0.2, 0) is 16.4 Å². The van der Waals surface area contributed by atoms with Gasteiger partial charge in [0.2, 0.25) is 0 Å². The first-order valence-electron chi connectivity index (χ1n) is 9.59. The normalized spacial score (nSPS) is 27.0. The third kappa shape index (κ3) is 7.53. The molecule has 8 heteroatoms. The minimum atomic E-state index is -2.83. The van der Waals surface area contributed by atoms with E-state index in [0.29, 0.717) is 36.1 Å². The monoisotopic (exact) mass is 525 g/mol. The number of hydrogen-bond acceptors (Lipinski definition) is 4. The predicted octanol–water partition coefficient (Wildman–Crippen LogP) is 3.80. The number of nitrogens with one attached hydrogen (secondary N) is 2. The van der Waals surface area contributed by atoms with Crippen LogP contribution < -0.4 is 10.6 Å². The lowest BCUT2D eigenvalue weighted by Crippen LogP contribution is -2.47. The van der Waals surface area contributed by atoms with Gasteiger partial charge in [-0.1, -0.05) is 26.3 Å². The number of thiophene rings is 1. The molecule has 0 spiro atoms. The van der Waals surface area contributed by atoms with E-state index in [2.05, 4.69) is 35.9 Å². The van der Waals surface area contributed by atoms with Crippen molar-refractivity contribution >= 4 is 51.1 Å². The van der Waals surface area contributed by atoms with E-state index in [4.69, 9.17) is 4.99 Å². The van der Waals surface area contributed by atoms with Crippen molar-refractivity contribution in [3.05, 3.63) is 22.4 Å². The van der Waals surface area contributed by atoms with Gasteiger partial charge < -0.3 is 10.6 Å². The van der Waals surface area contributed by atoms with Crippen molar-refractivity contribution in [2.24, 2.45) is 16.3 Å². The van der Waals surface area contributed by atoms with E-state index in [1.54, 1.807) is 11.3 Å². The summed E-state index contributed by atoms with van der Waals surface area (Å²) in [4.78, 5) is 6.00. The molecule has 1 aliphatic carbocycles. The molecule has 2 N–H and O–H groups in total. The zero-order valence-electron chi connectivity index (χ0n) is 16.2. The van der Waals surface area contributed by atoms with Crippen molar-refractivity contribution in [1.29, 1.82) is 0 Å². The topological polar surface area (TPSA) is 70.6 Å². The summed E-state index contributed by atoms with van der Waals surface area (Å²) in [6, 6.07) is 4.57. The van der Waals surface area contributed by atoms with Gasteiger partial charge in [0.05, 0.1) is 18.1 Å². The Morgan fingerprint density at radius 2 is 2.19 bits per heavy atom. The lowest BCUT2D eigenvalue weighted by Gasteiger charge is -2.36. The molecule has 1 saturated heterocycles. The number of guanidine groups is 1. The van der Waals surface area contributed by atoms with E-state index < -0.39 is 9.84 Å². The molecule has 2 atom stereocenters. The summed E-state index contributed by atoms with van der Waals surface area (Å²) in [5.41, 5.74) is 0.369. The van der Waals surface area contributed by atoms with Crippen LogP contribution in [0.3, 0.4) is 0 Å². The number of sulfone groups is 1. The van der Waals surface area contributed by atoms with Crippen molar-refractivity contribution in [2.45, 2.75) is 58.5 Å². The lowest BCUT2D eigenvalue weighted by atomic mass is 9.75. The molecular formula is C19H32IN3O2S2. The van der Waals surface area contributed by atoms with E-state index in [-0.39, 0.29) is 29.9 Å². The maximum atomic E-state index is 11.7. The van der Waals surface area contributed by atoms with Gasteiger partial charge in [-0.3, -0.25) is 0 Å². The zero-order chi connectivity index (χ0) is 18.6. The van der Waals surface area contributed by atoms with Crippen molar-refractivity contribution in [3.63, 3.8) is 0 Å².